The van der Waals surface area contributed by atoms with Gasteiger partial charge in [-0.05, 0) is 113 Å². The van der Waals surface area contributed by atoms with Crippen LogP contribution in [0.2, 0.25) is 0 Å². The van der Waals surface area contributed by atoms with Crippen molar-refractivity contribution in [1.29, 1.82) is 0 Å². The molecule has 0 saturated carbocycles. The van der Waals surface area contributed by atoms with Crippen LogP contribution in [0.3, 0.4) is 0 Å². The molecule has 0 heterocycles. The predicted octanol–water partition coefficient (Wildman–Crippen LogP) is 8.29. The van der Waals surface area contributed by atoms with E-state index < -0.39 is 86.8 Å². The van der Waals surface area contributed by atoms with E-state index in [0.717, 1.165) is 0 Å². The highest BCUT2D eigenvalue weighted by molar-refractivity contribution is 5.91. The lowest BCUT2D eigenvalue weighted by Gasteiger charge is -2.25. The second-order valence-corrected chi connectivity index (χ2v) is 14.1. The minimum absolute atomic E-state index is 0.0222. The van der Waals surface area contributed by atoms with Crippen molar-refractivity contribution in [1.82, 2.24) is 0 Å². The maximum atomic E-state index is 12.8. The Kier molecular flexibility index (Phi) is 23.6. The minimum Gasteiger partial charge on any atom is -0.494 e. The highest BCUT2D eigenvalue weighted by atomic mass is 17.3. The summed E-state index contributed by atoms with van der Waals surface area (Å²) in [6, 6.07) is 23.2. The standard InChI is InChI=1S/C48H50O24/c1-5-57-37-17-9-13-31(25-37)41(49)65-69-45(53)61-23-21-35(29-63-47(55)71-67-43(51)33-15-11-19-39(27-33)59-7-3)36(30-64-48(56)72-68-44(52)34-16-12-20-40(28-34)60-8-4)22-24-62-46(54)70-66-42(50)32-14-10-18-38(26-32)58-6-2/h9-20,25-28,35-36H,5-8,21-24,29-30H2,1-4H3. The number of carbonyl (C=O) groups is 8. The molecule has 0 N–H and O–H groups in total. The molecule has 24 heteroatoms. The summed E-state index contributed by atoms with van der Waals surface area (Å²) in [5, 5.41) is 0. The van der Waals surface area contributed by atoms with Crippen molar-refractivity contribution in [3.8, 4) is 23.0 Å². The van der Waals surface area contributed by atoms with Gasteiger partial charge in [-0.2, -0.15) is 19.2 Å². The lowest BCUT2D eigenvalue weighted by molar-refractivity contribution is -0.208. The van der Waals surface area contributed by atoms with Crippen LogP contribution in [0.25, 0.3) is 0 Å². The van der Waals surface area contributed by atoms with E-state index in [0.29, 0.717) is 49.4 Å². The van der Waals surface area contributed by atoms with Gasteiger partial charge < -0.3 is 37.9 Å². The zero-order chi connectivity index (χ0) is 52.1. The van der Waals surface area contributed by atoms with Gasteiger partial charge in [-0.25, -0.2) is 58.3 Å². The third kappa shape index (κ3) is 19.9. The first-order chi connectivity index (χ1) is 34.8. The van der Waals surface area contributed by atoms with E-state index in [-0.39, 0.29) is 35.1 Å². The fraction of sp³-hybridized carbons (Fsp3) is 0.333. The Balaban J connectivity index is 1.45. The van der Waals surface area contributed by atoms with Gasteiger partial charge in [-0.3, -0.25) is 0 Å². The molecule has 0 bridgehead atoms. The summed E-state index contributed by atoms with van der Waals surface area (Å²) in [4.78, 5) is 137. The van der Waals surface area contributed by atoms with E-state index in [1.165, 1.54) is 72.8 Å². The maximum absolute atomic E-state index is 12.8. The first-order valence-corrected chi connectivity index (χ1v) is 22.0. The second-order valence-electron chi connectivity index (χ2n) is 14.1. The molecule has 2 unspecified atom stereocenters. The summed E-state index contributed by atoms with van der Waals surface area (Å²) in [5.41, 5.74) is -0.131. The lowest BCUT2D eigenvalue weighted by atomic mass is 9.88. The van der Waals surface area contributed by atoms with Crippen LogP contribution in [-0.4, -0.2) is 101 Å². The first kappa shape index (κ1) is 55.6. The Morgan fingerprint density at radius 1 is 0.347 bits per heavy atom. The Morgan fingerprint density at radius 3 is 0.847 bits per heavy atom. The fourth-order valence-electron chi connectivity index (χ4n) is 5.94. The van der Waals surface area contributed by atoms with Crippen LogP contribution in [0.15, 0.2) is 97.1 Å². The van der Waals surface area contributed by atoms with E-state index in [1.807, 2.05) is 0 Å². The van der Waals surface area contributed by atoms with Crippen LogP contribution in [0.1, 0.15) is 82.0 Å². The quantitative estimate of drug-likeness (QED) is 0.0292. The Bertz CT molecular complexity index is 2270. The molecule has 0 aliphatic carbocycles. The SMILES string of the molecule is CCOc1cccc(C(=O)OOC(=O)OCCC(COC(=O)OOC(=O)c2cccc(OCC)c2)C(CCOC(=O)OOC(=O)c2cccc(OCC)c2)COC(=O)OOC(=O)c2cccc(OCC)c2)c1. The topological polar surface area (TPSA) is 284 Å². The fourth-order valence-corrected chi connectivity index (χ4v) is 5.94. The maximum Gasteiger partial charge on any atom is 0.549 e. The molecule has 0 radical (unpaired) electrons. The van der Waals surface area contributed by atoms with Crippen LogP contribution in [-0.2, 0) is 58.0 Å². The van der Waals surface area contributed by atoms with Gasteiger partial charge in [-0.1, -0.05) is 24.3 Å². The summed E-state index contributed by atoms with van der Waals surface area (Å²) in [5.74, 6) is -5.12. The van der Waals surface area contributed by atoms with Gasteiger partial charge in [0.05, 0.1) is 75.1 Å². The number of hydrogen-bond donors (Lipinski definition) is 0. The molecule has 0 aliphatic heterocycles. The van der Waals surface area contributed by atoms with Crippen LogP contribution < -0.4 is 18.9 Å². The smallest absolute Gasteiger partial charge is 0.494 e. The third-order valence-electron chi connectivity index (χ3n) is 9.18. The average Bonchev–Trinajstić information content (AvgIpc) is 3.38. The normalized spacial score (nSPS) is 11.1. The number of hydrogen-bond acceptors (Lipinski definition) is 24. The molecule has 0 aromatic heterocycles. The van der Waals surface area contributed by atoms with Crippen molar-refractivity contribution in [3.05, 3.63) is 119 Å². The molecule has 0 aliphatic rings. The van der Waals surface area contributed by atoms with Crippen molar-refractivity contribution < 1.29 is 115 Å². The molecule has 0 saturated heterocycles. The zero-order valence-electron chi connectivity index (χ0n) is 39.3. The summed E-state index contributed by atoms with van der Waals surface area (Å²) in [6.07, 6.45) is -6.62. The van der Waals surface area contributed by atoms with Crippen molar-refractivity contribution in [2.75, 3.05) is 52.9 Å². The van der Waals surface area contributed by atoms with Gasteiger partial charge in [-0.15, -0.1) is 0 Å². The lowest BCUT2D eigenvalue weighted by Crippen LogP contribution is -2.30. The van der Waals surface area contributed by atoms with E-state index in [4.69, 9.17) is 37.9 Å². The molecule has 4 aromatic carbocycles. The molecule has 0 fully saturated rings. The third-order valence-corrected chi connectivity index (χ3v) is 9.18. The largest absolute Gasteiger partial charge is 0.549 e. The number of carbonyl (C=O) groups excluding carboxylic acids is 8. The summed E-state index contributed by atoms with van der Waals surface area (Å²) in [7, 11) is 0. The molecule has 24 nitrogen and oxygen atoms in total. The highest BCUT2D eigenvalue weighted by Crippen LogP contribution is 2.24. The van der Waals surface area contributed by atoms with Crippen LogP contribution in [0, 0.1) is 11.8 Å². The molecular weight excluding hydrogens is 961 g/mol. The van der Waals surface area contributed by atoms with Crippen molar-refractivity contribution in [2.45, 2.75) is 40.5 Å². The summed E-state index contributed by atoms with van der Waals surface area (Å²) < 4.78 is 42.0. The molecule has 2 atom stereocenters. The van der Waals surface area contributed by atoms with Gasteiger partial charge in [0.1, 0.15) is 23.0 Å². The Labute approximate surface area is 410 Å². The number of benzene rings is 4. The van der Waals surface area contributed by atoms with E-state index in [1.54, 1.807) is 52.0 Å². The predicted molar refractivity (Wildman–Crippen MR) is 238 cm³/mol. The minimum atomic E-state index is -1.54. The van der Waals surface area contributed by atoms with Crippen molar-refractivity contribution in [2.24, 2.45) is 11.8 Å². The van der Waals surface area contributed by atoms with Gasteiger partial charge in [0.2, 0.25) is 0 Å². The van der Waals surface area contributed by atoms with Crippen molar-refractivity contribution in [3.63, 3.8) is 0 Å². The molecule has 0 amide bonds. The van der Waals surface area contributed by atoms with Crippen LogP contribution in [0.4, 0.5) is 19.2 Å². The van der Waals surface area contributed by atoms with Crippen molar-refractivity contribution >= 4 is 48.5 Å². The van der Waals surface area contributed by atoms with E-state index in [2.05, 4.69) is 39.1 Å². The number of rotatable bonds is 23. The average molecular weight is 1010 g/mol. The first-order valence-electron chi connectivity index (χ1n) is 22.0. The summed E-state index contributed by atoms with van der Waals surface area (Å²) >= 11 is 0. The summed E-state index contributed by atoms with van der Waals surface area (Å²) in [6.45, 7) is 5.70. The second kappa shape index (κ2) is 30.5. The molecular formula is C48H50O24. The van der Waals surface area contributed by atoms with Crippen LogP contribution >= 0.6 is 0 Å². The molecule has 386 valence electrons. The molecule has 0 spiro atoms. The van der Waals surface area contributed by atoms with Gasteiger partial charge >= 0.3 is 48.5 Å². The molecule has 4 aromatic rings. The highest BCUT2D eigenvalue weighted by Gasteiger charge is 2.29. The van der Waals surface area contributed by atoms with E-state index in [9.17, 15) is 38.4 Å². The van der Waals surface area contributed by atoms with Crippen LogP contribution in [0.5, 0.6) is 23.0 Å². The Morgan fingerprint density at radius 2 is 0.597 bits per heavy atom. The molecule has 72 heavy (non-hydrogen) atoms. The monoisotopic (exact) mass is 1010 g/mol. The zero-order valence-corrected chi connectivity index (χ0v) is 39.3. The van der Waals surface area contributed by atoms with Gasteiger partial charge in [0.15, 0.2) is 0 Å². The molecule has 4 rings (SSSR count). The van der Waals surface area contributed by atoms with Gasteiger partial charge in [0.25, 0.3) is 0 Å². The number of ether oxygens (including phenoxy) is 8. The Hall–Kier alpha value is -8.96. The van der Waals surface area contributed by atoms with Gasteiger partial charge in [0, 0.05) is 11.8 Å². The van der Waals surface area contributed by atoms with E-state index >= 15 is 0 Å².